The van der Waals surface area contributed by atoms with Crippen LogP contribution in [0.2, 0.25) is 0 Å². The van der Waals surface area contributed by atoms with Crippen LogP contribution in [-0.2, 0) is 10.0 Å². The summed E-state index contributed by atoms with van der Waals surface area (Å²) >= 11 is 0. The molecule has 4 N–H and O–H groups in total. The van der Waals surface area contributed by atoms with Gasteiger partial charge in [-0.1, -0.05) is 25.0 Å². The van der Waals surface area contributed by atoms with Crippen molar-refractivity contribution in [3.8, 4) is 0 Å². The van der Waals surface area contributed by atoms with Gasteiger partial charge >= 0.3 is 0 Å². The molecule has 0 heterocycles. The minimum atomic E-state index is -3.96. The summed E-state index contributed by atoms with van der Waals surface area (Å²) in [4.78, 5) is 12.4. The van der Waals surface area contributed by atoms with Crippen LogP contribution in [0.1, 0.15) is 36.0 Å². The van der Waals surface area contributed by atoms with Crippen molar-refractivity contribution in [2.75, 3.05) is 11.3 Å². The third-order valence-electron chi connectivity index (χ3n) is 4.88. The summed E-state index contributed by atoms with van der Waals surface area (Å²) in [6, 6.07) is 11.0. The molecule has 152 valence electrons. The monoisotopic (exact) mass is 427 g/mol. The van der Waals surface area contributed by atoms with Crippen molar-refractivity contribution in [3.63, 3.8) is 0 Å². The van der Waals surface area contributed by atoms with Crippen LogP contribution in [0, 0.1) is 5.82 Å². The third kappa shape index (κ3) is 4.81. The molecule has 6 nitrogen and oxygen atoms in total. The maximum atomic E-state index is 13.7. The maximum Gasteiger partial charge on any atom is 0.261 e. The molecule has 9 heteroatoms. The number of hydrogen-bond donors (Lipinski definition) is 3. The predicted molar refractivity (Wildman–Crippen MR) is 109 cm³/mol. The molecule has 1 aliphatic rings. The molecule has 1 saturated carbocycles. The van der Waals surface area contributed by atoms with E-state index in [1.165, 1.54) is 48.5 Å². The number of nitrogens with one attached hydrogen (secondary N) is 2. The number of sulfonamides is 1. The van der Waals surface area contributed by atoms with Crippen molar-refractivity contribution >= 4 is 34.0 Å². The Morgan fingerprint density at radius 3 is 2.25 bits per heavy atom. The Hall–Kier alpha value is -2.16. The number of amides is 1. The number of carbonyl (C=O) groups excluding carboxylic acids is 1. The van der Waals surface area contributed by atoms with E-state index in [1.807, 2.05) is 0 Å². The summed E-state index contributed by atoms with van der Waals surface area (Å²) in [6.07, 6.45) is 3.73. The summed E-state index contributed by atoms with van der Waals surface area (Å²) in [6.45, 7) is 0.373. The Morgan fingerprint density at radius 2 is 1.68 bits per heavy atom. The highest BCUT2D eigenvalue weighted by atomic mass is 35.5. The smallest absolute Gasteiger partial charge is 0.261 e. The molecule has 3 rings (SSSR count). The first-order valence-corrected chi connectivity index (χ1v) is 10.2. The largest absolute Gasteiger partial charge is 0.345 e. The molecule has 0 radical (unpaired) electrons. The fourth-order valence-corrected chi connectivity index (χ4v) is 4.35. The van der Waals surface area contributed by atoms with Gasteiger partial charge in [0.1, 0.15) is 5.82 Å². The van der Waals surface area contributed by atoms with Gasteiger partial charge in [-0.05, 0) is 49.2 Å². The molecule has 1 amide bonds. The quantitative estimate of drug-likeness (QED) is 0.659. The third-order valence-corrected chi connectivity index (χ3v) is 6.26. The van der Waals surface area contributed by atoms with Crippen LogP contribution in [0.4, 0.5) is 10.1 Å². The molecule has 0 aromatic heterocycles. The number of benzene rings is 2. The lowest BCUT2D eigenvalue weighted by molar-refractivity contribution is 0.0903. The zero-order chi connectivity index (χ0) is 19.5. The van der Waals surface area contributed by atoms with Crippen molar-refractivity contribution in [1.82, 2.24) is 5.32 Å². The first-order valence-electron chi connectivity index (χ1n) is 8.75. The van der Waals surface area contributed by atoms with Gasteiger partial charge in [0.05, 0.1) is 16.1 Å². The van der Waals surface area contributed by atoms with Crippen molar-refractivity contribution in [1.29, 1.82) is 0 Å². The zero-order valence-corrected chi connectivity index (χ0v) is 16.8. The van der Waals surface area contributed by atoms with Crippen LogP contribution in [0.3, 0.4) is 0 Å². The van der Waals surface area contributed by atoms with Crippen LogP contribution in [0.5, 0.6) is 0 Å². The molecule has 1 aliphatic carbocycles. The molecule has 0 atom stereocenters. The molecule has 0 aliphatic heterocycles. The predicted octanol–water partition coefficient (Wildman–Crippen LogP) is 3.05. The lowest BCUT2D eigenvalue weighted by atomic mass is 9.97. The van der Waals surface area contributed by atoms with Crippen molar-refractivity contribution in [2.45, 2.75) is 36.1 Å². The second-order valence-corrected chi connectivity index (χ2v) is 8.44. The Bertz CT molecular complexity index is 930. The molecule has 0 bridgehead atoms. The van der Waals surface area contributed by atoms with Gasteiger partial charge in [0.2, 0.25) is 0 Å². The first-order chi connectivity index (χ1) is 12.9. The number of hydrogen-bond acceptors (Lipinski definition) is 4. The Labute approximate surface area is 170 Å². The van der Waals surface area contributed by atoms with Crippen LogP contribution in [0.15, 0.2) is 53.4 Å². The average molecular weight is 428 g/mol. The lowest BCUT2D eigenvalue weighted by Gasteiger charge is -2.28. The molecule has 0 spiro atoms. The highest BCUT2D eigenvalue weighted by molar-refractivity contribution is 7.92. The lowest BCUT2D eigenvalue weighted by Crippen LogP contribution is -2.51. The van der Waals surface area contributed by atoms with E-state index in [0.29, 0.717) is 12.1 Å². The summed E-state index contributed by atoms with van der Waals surface area (Å²) in [5.74, 6) is -0.950. The first kappa shape index (κ1) is 22.1. The molecule has 2 aromatic carbocycles. The normalized spacial score (nSPS) is 15.5. The number of carbonyl (C=O) groups is 1. The van der Waals surface area contributed by atoms with E-state index in [0.717, 1.165) is 25.7 Å². The minimum Gasteiger partial charge on any atom is -0.345 e. The van der Waals surface area contributed by atoms with Gasteiger partial charge in [-0.3, -0.25) is 9.52 Å². The number of para-hydroxylation sites is 1. The van der Waals surface area contributed by atoms with Gasteiger partial charge in [-0.15, -0.1) is 12.4 Å². The maximum absolute atomic E-state index is 13.7. The number of anilines is 1. The summed E-state index contributed by atoms with van der Waals surface area (Å²) in [5, 5.41) is 2.99. The number of rotatable bonds is 6. The van der Waals surface area contributed by atoms with E-state index < -0.39 is 15.8 Å². The second-order valence-electron chi connectivity index (χ2n) is 6.76. The Balaban J connectivity index is 0.00000280. The van der Waals surface area contributed by atoms with E-state index in [1.54, 1.807) is 0 Å². The van der Waals surface area contributed by atoms with Gasteiger partial charge < -0.3 is 11.1 Å². The highest BCUT2D eigenvalue weighted by Gasteiger charge is 2.34. The van der Waals surface area contributed by atoms with Crippen LogP contribution in [0.25, 0.3) is 0 Å². The van der Waals surface area contributed by atoms with Crippen LogP contribution < -0.4 is 15.8 Å². The van der Waals surface area contributed by atoms with Gasteiger partial charge in [-0.2, -0.15) is 0 Å². The SMILES string of the molecule is Cl.NCC1(NC(=O)c2ccc(S(=O)(=O)Nc3ccccc3F)cc2)CCCC1. The standard InChI is InChI=1S/C19H22FN3O3S.ClH/c20-16-5-1-2-6-17(16)23-27(25,26)15-9-7-14(8-10-15)18(24)22-19(13-21)11-3-4-12-19;/h1-2,5-10,23H,3-4,11-13,21H2,(H,22,24);1H. The van der Waals surface area contributed by atoms with E-state index in [2.05, 4.69) is 10.0 Å². The molecule has 0 saturated heterocycles. The topological polar surface area (TPSA) is 101 Å². The second kappa shape index (κ2) is 8.89. The van der Waals surface area contributed by atoms with Gasteiger partial charge in [0, 0.05) is 12.1 Å². The van der Waals surface area contributed by atoms with Gasteiger partial charge in [0.15, 0.2) is 0 Å². The molecular weight excluding hydrogens is 405 g/mol. The Kier molecular flexibility index (Phi) is 7.03. The van der Waals surface area contributed by atoms with Crippen molar-refractivity contribution in [3.05, 3.63) is 59.9 Å². The van der Waals surface area contributed by atoms with Crippen LogP contribution >= 0.6 is 12.4 Å². The van der Waals surface area contributed by atoms with E-state index in [9.17, 15) is 17.6 Å². The van der Waals surface area contributed by atoms with E-state index in [4.69, 9.17) is 5.73 Å². The highest BCUT2D eigenvalue weighted by Crippen LogP contribution is 2.29. The summed E-state index contributed by atoms with van der Waals surface area (Å²) < 4.78 is 40.7. The zero-order valence-electron chi connectivity index (χ0n) is 15.2. The van der Waals surface area contributed by atoms with E-state index in [-0.39, 0.29) is 34.4 Å². The van der Waals surface area contributed by atoms with Crippen molar-refractivity contribution in [2.24, 2.45) is 5.73 Å². The number of nitrogens with two attached hydrogens (primary N) is 1. The molecule has 1 fully saturated rings. The van der Waals surface area contributed by atoms with E-state index >= 15 is 0 Å². The summed E-state index contributed by atoms with van der Waals surface area (Å²) in [7, 11) is -3.96. The molecule has 2 aromatic rings. The molecule has 28 heavy (non-hydrogen) atoms. The fraction of sp³-hybridized carbons (Fsp3) is 0.316. The molecular formula is C19H23ClFN3O3S. The average Bonchev–Trinajstić information content (AvgIpc) is 3.12. The van der Waals surface area contributed by atoms with Crippen molar-refractivity contribution < 1.29 is 17.6 Å². The van der Waals surface area contributed by atoms with Gasteiger partial charge in [0.25, 0.3) is 15.9 Å². The fourth-order valence-electron chi connectivity index (χ4n) is 3.28. The summed E-state index contributed by atoms with van der Waals surface area (Å²) in [5.41, 5.74) is 5.66. The Morgan fingerprint density at radius 1 is 1.07 bits per heavy atom. The minimum absolute atomic E-state index is 0. The number of halogens is 2. The molecule has 0 unspecified atom stereocenters. The van der Waals surface area contributed by atoms with Crippen LogP contribution in [-0.4, -0.2) is 26.4 Å². The van der Waals surface area contributed by atoms with Gasteiger partial charge in [-0.25, -0.2) is 12.8 Å².